The monoisotopic (exact) mass is 336 g/mol. The van der Waals surface area contributed by atoms with E-state index in [0.29, 0.717) is 12.3 Å². The van der Waals surface area contributed by atoms with Crippen molar-refractivity contribution in [3.63, 3.8) is 0 Å². The van der Waals surface area contributed by atoms with E-state index in [1.165, 1.54) is 16.4 Å². The van der Waals surface area contributed by atoms with E-state index in [2.05, 4.69) is 4.98 Å². The van der Waals surface area contributed by atoms with Crippen molar-refractivity contribution in [1.82, 2.24) is 9.29 Å². The summed E-state index contributed by atoms with van der Waals surface area (Å²) in [6.45, 7) is 0.720. The second-order valence-electron chi connectivity index (χ2n) is 5.38. The number of hydrogen-bond acceptors (Lipinski definition) is 4. The molecule has 1 saturated heterocycles. The van der Waals surface area contributed by atoms with Crippen molar-refractivity contribution in [2.24, 2.45) is 0 Å². The third-order valence-corrected chi connectivity index (χ3v) is 5.62. The quantitative estimate of drug-likeness (QED) is 0.860. The standard InChI is InChI=1S/C16H17FN2O3S/c17-13-3-5-16(6-4-13)23(20,21)19-11-1-2-15(12-19)22-14-7-9-18-10-8-14/h3-10,15H,1-2,11-12H2. The Morgan fingerprint density at radius 2 is 1.83 bits per heavy atom. The first-order valence-electron chi connectivity index (χ1n) is 7.38. The summed E-state index contributed by atoms with van der Waals surface area (Å²) in [5.41, 5.74) is 0. The van der Waals surface area contributed by atoms with Crippen LogP contribution in [0.15, 0.2) is 53.7 Å². The van der Waals surface area contributed by atoms with Gasteiger partial charge < -0.3 is 4.74 Å². The summed E-state index contributed by atoms with van der Waals surface area (Å²) in [7, 11) is -3.63. The maximum absolute atomic E-state index is 13.0. The van der Waals surface area contributed by atoms with Crippen molar-refractivity contribution >= 4 is 10.0 Å². The molecule has 0 saturated carbocycles. The fourth-order valence-electron chi connectivity index (χ4n) is 2.58. The minimum Gasteiger partial charge on any atom is -0.489 e. The molecule has 3 rings (SSSR count). The molecule has 1 unspecified atom stereocenters. The van der Waals surface area contributed by atoms with Gasteiger partial charge in [-0.1, -0.05) is 0 Å². The van der Waals surface area contributed by atoms with Crippen molar-refractivity contribution in [1.29, 1.82) is 0 Å². The maximum Gasteiger partial charge on any atom is 0.243 e. The number of pyridine rings is 1. The van der Waals surface area contributed by atoms with Crippen LogP contribution in [0.3, 0.4) is 0 Å². The summed E-state index contributed by atoms with van der Waals surface area (Å²) >= 11 is 0. The molecule has 1 aliphatic rings. The van der Waals surface area contributed by atoms with Crippen LogP contribution >= 0.6 is 0 Å². The highest BCUT2D eigenvalue weighted by molar-refractivity contribution is 7.89. The van der Waals surface area contributed by atoms with Gasteiger partial charge in [0.05, 0.1) is 11.4 Å². The summed E-state index contributed by atoms with van der Waals surface area (Å²) in [6, 6.07) is 8.38. The van der Waals surface area contributed by atoms with Crippen LogP contribution in [0, 0.1) is 5.82 Å². The molecular weight excluding hydrogens is 319 g/mol. The second kappa shape index (κ2) is 6.64. The van der Waals surface area contributed by atoms with Crippen LogP contribution in [0.5, 0.6) is 5.75 Å². The van der Waals surface area contributed by atoms with Crippen LogP contribution in [0.2, 0.25) is 0 Å². The van der Waals surface area contributed by atoms with Crippen LogP contribution in [0.1, 0.15) is 12.8 Å². The number of piperidine rings is 1. The Bertz CT molecular complexity index is 751. The fraction of sp³-hybridized carbons (Fsp3) is 0.312. The molecule has 1 fully saturated rings. The van der Waals surface area contributed by atoms with E-state index in [9.17, 15) is 12.8 Å². The molecule has 0 radical (unpaired) electrons. The molecule has 0 N–H and O–H groups in total. The van der Waals surface area contributed by atoms with Gasteiger partial charge in [-0.2, -0.15) is 4.31 Å². The molecule has 122 valence electrons. The van der Waals surface area contributed by atoms with Gasteiger partial charge in [0.1, 0.15) is 17.7 Å². The Hall–Kier alpha value is -1.99. The SMILES string of the molecule is O=S(=O)(c1ccc(F)cc1)N1CCCC(Oc2ccncc2)C1. The molecule has 1 atom stereocenters. The molecule has 0 bridgehead atoms. The zero-order chi connectivity index (χ0) is 16.3. The fourth-order valence-corrected chi connectivity index (χ4v) is 4.09. The van der Waals surface area contributed by atoms with Crippen molar-refractivity contribution in [2.75, 3.05) is 13.1 Å². The van der Waals surface area contributed by atoms with Gasteiger partial charge in [0, 0.05) is 18.9 Å². The number of benzene rings is 1. The highest BCUT2D eigenvalue weighted by atomic mass is 32.2. The minimum atomic E-state index is -3.63. The van der Waals surface area contributed by atoms with Gasteiger partial charge in [0.2, 0.25) is 10.0 Å². The van der Waals surface area contributed by atoms with E-state index >= 15 is 0 Å². The molecule has 7 heteroatoms. The third kappa shape index (κ3) is 3.68. The number of hydrogen-bond donors (Lipinski definition) is 0. The van der Waals surface area contributed by atoms with Gasteiger partial charge in [-0.05, 0) is 49.2 Å². The van der Waals surface area contributed by atoms with E-state index in [-0.39, 0.29) is 17.5 Å². The van der Waals surface area contributed by atoms with E-state index in [0.717, 1.165) is 25.0 Å². The molecular formula is C16H17FN2O3S. The first-order chi connectivity index (χ1) is 11.1. The molecule has 1 aliphatic heterocycles. The Morgan fingerprint density at radius 3 is 2.52 bits per heavy atom. The van der Waals surface area contributed by atoms with Crippen LogP contribution in [-0.4, -0.2) is 36.9 Å². The lowest BCUT2D eigenvalue weighted by Crippen LogP contribution is -2.44. The number of nitrogens with zero attached hydrogens (tertiary/aromatic N) is 2. The summed E-state index contributed by atoms with van der Waals surface area (Å²) in [6.07, 6.45) is 4.56. The van der Waals surface area contributed by atoms with E-state index in [1.807, 2.05) is 0 Å². The van der Waals surface area contributed by atoms with Crippen molar-refractivity contribution in [3.05, 3.63) is 54.6 Å². The number of rotatable bonds is 4. The van der Waals surface area contributed by atoms with E-state index < -0.39 is 15.8 Å². The molecule has 0 aliphatic carbocycles. The first-order valence-corrected chi connectivity index (χ1v) is 8.82. The van der Waals surface area contributed by atoms with Crippen LogP contribution in [0.4, 0.5) is 4.39 Å². The van der Waals surface area contributed by atoms with Gasteiger partial charge in [-0.15, -0.1) is 0 Å². The van der Waals surface area contributed by atoms with Gasteiger partial charge in [-0.25, -0.2) is 12.8 Å². The van der Waals surface area contributed by atoms with Crippen LogP contribution in [0.25, 0.3) is 0 Å². The summed E-state index contributed by atoms with van der Waals surface area (Å²) < 4.78 is 45.5. The van der Waals surface area contributed by atoms with Gasteiger partial charge >= 0.3 is 0 Å². The largest absolute Gasteiger partial charge is 0.489 e. The summed E-state index contributed by atoms with van der Waals surface area (Å²) in [4.78, 5) is 4.02. The lowest BCUT2D eigenvalue weighted by molar-refractivity contribution is 0.129. The zero-order valence-corrected chi connectivity index (χ0v) is 13.2. The molecule has 2 aromatic rings. The highest BCUT2D eigenvalue weighted by Gasteiger charge is 2.31. The molecule has 5 nitrogen and oxygen atoms in total. The Labute approximate surface area is 134 Å². The molecule has 2 heterocycles. The van der Waals surface area contributed by atoms with Gasteiger partial charge in [0.25, 0.3) is 0 Å². The molecule has 1 aromatic carbocycles. The smallest absolute Gasteiger partial charge is 0.243 e. The van der Waals surface area contributed by atoms with E-state index in [4.69, 9.17) is 4.74 Å². The first kappa shape index (κ1) is 15.9. The molecule has 0 amide bonds. The van der Waals surface area contributed by atoms with Crippen LogP contribution < -0.4 is 4.74 Å². The average Bonchev–Trinajstić information content (AvgIpc) is 2.56. The second-order valence-corrected chi connectivity index (χ2v) is 7.32. The number of halogens is 1. The normalized spacial score (nSPS) is 19.4. The van der Waals surface area contributed by atoms with E-state index in [1.54, 1.807) is 24.5 Å². The number of sulfonamides is 1. The summed E-state index contributed by atoms with van der Waals surface area (Å²) in [5.74, 6) is 0.215. The Balaban J connectivity index is 1.74. The minimum absolute atomic E-state index is 0.100. The predicted octanol–water partition coefficient (Wildman–Crippen LogP) is 2.45. The number of ether oxygens (including phenoxy) is 1. The number of aromatic nitrogens is 1. The lowest BCUT2D eigenvalue weighted by atomic mass is 10.1. The zero-order valence-electron chi connectivity index (χ0n) is 12.4. The van der Waals surface area contributed by atoms with Gasteiger partial charge in [-0.3, -0.25) is 4.98 Å². The third-order valence-electron chi connectivity index (χ3n) is 3.74. The lowest BCUT2D eigenvalue weighted by Gasteiger charge is -2.32. The maximum atomic E-state index is 13.0. The highest BCUT2D eigenvalue weighted by Crippen LogP contribution is 2.23. The average molecular weight is 336 g/mol. The topological polar surface area (TPSA) is 59.5 Å². The van der Waals surface area contributed by atoms with Gasteiger partial charge in [0.15, 0.2) is 0 Å². The van der Waals surface area contributed by atoms with Crippen molar-refractivity contribution in [3.8, 4) is 5.75 Å². The predicted molar refractivity (Wildman–Crippen MR) is 83.0 cm³/mol. The molecule has 0 spiro atoms. The summed E-state index contributed by atoms with van der Waals surface area (Å²) in [5, 5.41) is 0. The molecule has 23 heavy (non-hydrogen) atoms. The van der Waals surface area contributed by atoms with Crippen molar-refractivity contribution in [2.45, 2.75) is 23.8 Å². The Kier molecular flexibility index (Phi) is 4.58. The Morgan fingerprint density at radius 1 is 1.13 bits per heavy atom. The molecule has 1 aromatic heterocycles. The van der Waals surface area contributed by atoms with Crippen LogP contribution in [-0.2, 0) is 10.0 Å². The van der Waals surface area contributed by atoms with Crippen molar-refractivity contribution < 1.29 is 17.5 Å².